The maximum absolute atomic E-state index is 12.5. The van der Waals surface area contributed by atoms with E-state index in [0.717, 1.165) is 11.8 Å². The molecule has 1 N–H and O–H groups in total. The number of halogens is 3. The van der Waals surface area contributed by atoms with Crippen LogP contribution in [-0.4, -0.2) is 52.1 Å². The molecule has 0 aromatic carbocycles. The van der Waals surface area contributed by atoms with E-state index in [1.165, 1.54) is 4.90 Å². The Hall–Kier alpha value is -2.29. The van der Waals surface area contributed by atoms with Gasteiger partial charge in [0.2, 0.25) is 0 Å². The van der Waals surface area contributed by atoms with E-state index in [-0.39, 0.29) is 5.69 Å². The molecule has 2 aromatic heterocycles. The van der Waals surface area contributed by atoms with Crippen LogP contribution in [-0.2, 0) is 12.7 Å². The van der Waals surface area contributed by atoms with Crippen LogP contribution in [0.3, 0.4) is 0 Å². The van der Waals surface area contributed by atoms with Crippen LogP contribution < -0.4 is 0 Å². The van der Waals surface area contributed by atoms with E-state index in [1.54, 1.807) is 6.26 Å². The Morgan fingerprint density at radius 1 is 1.30 bits per heavy atom. The van der Waals surface area contributed by atoms with Crippen LogP contribution in [0.2, 0.25) is 0 Å². The Balaban J connectivity index is 1.57. The molecule has 0 aliphatic carbocycles. The normalized spacial score (nSPS) is 16.7. The largest absolute Gasteiger partial charge is 0.468 e. The van der Waals surface area contributed by atoms with Crippen molar-refractivity contribution >= 4 is 5.91 Å². The lowest BCUT2D eigenvalue weighted by atomic mass is 10.2. The zero-order valence-corrected chi connectivity index (χ0v) is 12.1. The molecule has 0 saturated carbocycles. The van der Waals surface area contributed by atoms with Gasteiger partial charge >= 0.3 is 6.18 Å². The maximum Gasteiger partial charge on any atom is 0.432 e. The second-order valence-electron chi connectivity index (χ2n) is 5.31. The van der Waals surface area contributed by atoms with Crippen molar-refractivity contribution in [3.63, 3.8) is 0 Å². The topological polar surface area (TPSA) is 65.4 Å². The van der Waals surface area contributed by atoms with Crippen molar-refractivity contribution in [1.82, 2.24) is 20.0 Å². The first-order chi connectivity index (χ1) is 10.9. The van der Waals surface area contributed by atoms with Gasteiger partial charge in [0.05, 0.1) is 12.8 Å². The van der Waals surface area contributed by atoms with E-state index in [4.69, 9.17) is 4.42 Å². The molecule has 0 unspecified atom stereocenters. The molecule has 124 valence electrons. The molecule has 2 aromatic rings. The number of alkyl halides is 3. The number of nitrogens with one attached hydrogen (secondary N) is 1. The van der Waals surface area contributed by atoms with Gasteiger partial charge in [0.25, 0.3) is 5.91 Å². The Morgan fingerprint density at radius 2 is 2.04 bits per heavy atom. The summed E-state index contributed by atoms with van der Waals surface area (Å²) in [4.78, 5) is 15.8. The lowest BCUT2D eigenvalue weighted by Gasteiger charge is -2.33. The Bertz CT molecular complexity index is 658. The number of hydrogen-bond donors (Lipinski definition) is 1. The third kappa shape index (κ3) is 3.55. The number of nitrogens with zero attached hydrogens (tertiary/aromatic N) is 3. The van der Waals surface area contributed by atoms with Crippen LogP contribution in [0.5, 0.6) is 0 Å². The lowest BCUT2D eigenvalue weighted by Crippen LogP contribution is -2.48. The number of H-pyrrole nitrogens is 1. The van der Waals surface area contributed by atoms with E-state index in [1.807, 2.05) is 17.2 Å². The minimum atomic E-state index is -4.53. The van der Waals surface area contributed by atoms with Crippen molar-refractivity contribution < 1.29 is 22.4 Å². The predicted octanol–water partition coefficient (Wildman–Crippen LogP) is 1.98. The molecule has 0 radical (unpaired) electrons. The number of carbonyl (C=O) groups is 1. The van der Waals surface area contributed by atoms with Gasteiger partial charge in [0.1, 0.15) is 11.5 Å². The zero-order chi connectivity index (χ0) is 16.4. The van der Waals surface area contributed by atoms with Crippen molar-refractivity contribution in [3.05, 3.63) is 41.6 Å². The van der Waals surface area contributed by atoms with E-state index >= 15 is 0 Å². The minimum Gasteiger partial charge on any atom is -0.468 e. The molecule has 9 heteroatoms. The lowest BCUT2D eigenvalue weighted by molar-refractivity contribution is -0.141. The first-order valence-corrected chi connectivity index (χ1v) is 7.10. The van der Waals surface area contributed by atoms with E-state index in [0.29, 0.717) is 32.7 Å². The molecule has 3 rings (SSSR count). The zero-order valence-electron chi connectivity index (χ0n) is 12.1. The third-order valence-corrected chi connectivity index (χ3v) is 3.72. The SMILES string of the molecule is O=C(c1cc(C(F)(F)F)[nH]n1)N1CCN(Cc2ccco2)CC1. The number of furan rings is 1. The van der Waals surface area contributed by atoms with Gasteiger partial charge < -0.3 is 9.32 Å². The predicted molar refractivity (Wildman–Crippen MR) is 73.5 cm³/mol. The van der Waals surface area contributed by atoms with Crippen molar-refractivity contribution in [2.24, 2.45) is 0 Å². The monoisotopic (exact) mass is 328 g/mol. The molecule has 1 saturated heterocycles. The van der Waals surface area contributed by atoms with Crippen molar-refractivity contribution in [2.75, 3.05) is 26.2 Å². The highest BCUT2D eigenvalue weighted by Gasteiger charge is 2.34. The van der Waals surface area contributed by atoms with Crippen molar-refractivity contribution in [3.8, 4) is 0 Å². The molecule has 0 atom stereocenters. The van der Waals surface area contributed by atoms with Crippen LogP contribution in [0.25, 0.3) is 0 Å². The molecule has 6 nitrogen and oxygen atoms in total. The molecule has 3 heterocycles. The van der Waals surface area contributed by atoms with Crippen molar-refractivity contribution in [2.45, 2.75) is 12.7 Å². The van der Waals surface area contributed by atoms with Gasteiger partial charge in [0.15, 0.2) is 5.69 Å². The number of carbonyl (C=O) groups excluding carboxylic acids is 1. The Labute approximate surface area is 129 Å². The molecule has 0 spiro atoms. The Morgan fingerprint density at radius 3 is 2.61 bits per heavy atom. The summed E-state index contributed by atoms with van der Waals surface area (Å²) in [5, 5.41) is 5.33. The molecule has 0 bridgehead atoms. The number of amides is 1. The third-order valence-electron chi connectivity index (χ3n) is 3.72. The van der Waals surface area contributed by atoms with Crippen LogP contribution >= 0.6 is 0 Å². The van der Waals surface area contributed by atoms with E-state index in [9.17, 15) is 18.0 Å². The summed E-state index contributed by atoms with van der Waals surface area (Å²) in [6.07, 6.45) is -2.93. The highest BCUT2D eigenvalue weighted by Crippen LogP contribution is 2.28. The van der Waals surface area contributed by atoms with Gasteiger partial charge in [-0.05, 0) is 12.1 Å². The number of rotatable bonds is 3. The summed E-state index contributed by atoms with van der Waals surface area (Å²) >= 11 is 0. The van der Waals surface area contributed by atoms with Gasteiger partial charge in [-0.15, -0.1) is 0 Å². The van der Waals surface area contributed by atoms with Crippen LogP contribution in [0.1, 0.15) is 21.9 Å². The minimum absolute atomic E-state index is 0.211. The average Bonchev–Trinajstić information content (AvgIpc) is 3.18. The summed E-state index contributed by atoms with van der Waals surface area (Å²) in [5.41, 5.74) is -1.23. The first-order valence-electron chi connectivity index (χ1n) is 7.10. The molecule has 1 aliphatic heterocycles. The first kappa shape index (κ1) is 15.6. The maximum atomic E-state index is 12.5. The fraction of sp³-hybridized carbons (Fsp3) is 0.429. The quantitative estimate of drug-likeness (QED) is 0.936. The van der Waals surface area contributed by atoms with E-state index < -0.39 is 17.8 Å². The second-order valence-corrected chi connectivity index (χ2v) is 5.31. The number of piperazine rings is 1. The molecule has 1 amide bonds. The number of aromatic amines is 1. The highest BCUT2D eigenvalue weighted by atomic mass is 19.4. The molecule has 23 heavy (non-hydrogen) atoms. The average molecular weight is 328 g/mol. The number of aromatic nitrogens is 2. The van der Waals surface area contributed by atoms with Crippen molar-refractivity contribution in [1.29, 1.82) is 0 Å². The second kappa shape index (κ2) is 6.07. The Kier molecular flexibility index (Phi) is 4.12. The molecular weight excluding hydrogens is 313 g/mol. The standard InChI is InChI=1S/C14H15F3N4O2/c15-14(16,17)12-8-11(18-19-12)13(22)21-5-3-20(4-6-21)9-10-2-1-7-23-10/h1-2,7-8H,3-6,9H2,(H,18,19). The van der Waals surface area contributed by atoms with Gasteiger partial charge in [-0.3, -0.25) is 14.8 Å². The fourth-order valence-corrected chi connectivity index (χ4v) is 2.47. The molecule has 1 aliphatic rings. The highest BCUT2D eigenvalue weighted by molar-refractivity contribution is 5.92. The van der Waals surface area contributed by atoms with Crippen LogP contribution in [0.4, 0.5) is 13.2 Å². The molecule has 1 fully saturated rings. The summed E-state index contributed by atoms with van der Waals surface area (Å²) in [7, 11) is 0. The van der Waals surface area contributed by atoms with Gasteiger partial charge in [-0.25, -0.2) is 0 Å². The number of hydrogen-bond acceptors (Lipinski definition) is 4. The fourth-order valence-electron chi connectivity index (χ4n) is 2.47. The van der Waals surface area contributed by atoms with Crippen LogP contribution in [0.15, 0.2) is 28.9 Å². The smallest absolute Gasteiger partial charge is 0.432 e. The molecular formula is C14H15F3N4O2. The summed E-state index contributed by atoms with van der Waals surface area (Å²) < 4.78 is 42.9. The summed E-state index contributed by atoms with van der Waals surface area (Å²) in [5.74, 6) is 0.348. The van der Waals surface area contributed by atoms with Gasteiger partial charge in [-0.2, -0.15) is 18.3 Å². The van der Waals surface area contributed by atoms with Gasteiger partial charge in [0, 0.05) is 32.2 Å². The van der Waals surface area contributed by atoms with Crippen LogP contribution in [0, 0.1) is 0 Å². The van der Waals surface area contributed by atoms with Gasteiger partial charge in [-0.1, -0.05) is 0 Å². The summed E-state index contributed by atoms with van der Waals surface area (Å²) in [6.45, 7) is 2.78. The summed E-state index contributed by atoms with van der Waals surface area (Å²) in [6, 6.07) is 4.43. The van der Waals surface area contributed by atoms with E-state index in [2.05, 4.69) is 10.00 Å².